The molecule has 9 heteroatoms. The van der Waals surface area contributed by atoms with E-state index in [9.17, 15) is 19.7 Å². The average molecular weight is 662 g/mol. The van der Waals surface area contributed by atoms with Crippen molar-refractivity contribution < 1.29 is 29.1 Å². The molecule has 2 aliphatic carbocycles. The van der Waals surface area contributed by atoms with E-state index in [2.05, 4.69) is 22.9 Å². The molecule has 2 amide bonds. The summed E-state index contributed by atoms with van der Waals surface area (Å²) >= 11 is 3.49. The zero-order valence-corrected chi connectivity index (χ0v) is 26.9. The molecule has 0 radical (unpaired) electrons. The normalized spacial score (nSPS) is 26.2. The molecule has 0 spiro atoms. The van der Waals surface area contributed by atoms with Gasteiger partial charge in [0, 0.05) is 16.1 Å². The maximum absolute atomic E-state index is 14.1. The van der Waals surface area contributed by atoms with Crippen molar-refractivity contribution in [2.24, 2.45) is 17.8 Å². The third-order valence-corrected chi connectivity index (χ3v) is 10.5. The fourth-order valence-corrected chi connectivity index (χ4v) is 8.21. The van der Waals surface area contributed by atoms with E-state index in [-0.39, 0.29) is 29.5 Å². The number of phenols is 1. The van der Waals surface area contributed by atoms with Gasteiger partial charge in [0.05, 0.1) is 17.9 Å². The maximum atomic E-state index is 14.1. The van der Waals surface area contributed by atoms with E-state index in [1.165, 1.54) is 0 Å². The van der Waals surface area contributed by atoms with Crippen LogP contribution in [0.3, 0.4) is 0 Å². The summed E-state index contributed by atoms with van der Waals surface area (Å²) in [5, 5.41) is 21.4. The highest BCUT2D eigenvalue weighted by Crippen LogP contribution is 2.51. The Morgan fingerprint density at radius 1 is 1.09 bits per heavy atom. The second kappa shape index (κ2) is 13.6. The van der Waals surface area contributed by atoms with Crippen LogP contribution in [0.15, 0.2) is 69.7 Å². The zero-order chi connectivity index (χ0) is 30.8. The van der Waals surface area contributed by atoms with Gasteiger partial charge in [-0.15, -0.1) is 0 Å². The van der Waals surface area contributed by atoms with Crippen LogP contribution in [0.2, 0.25) is 6.32 Å². The first-order chi connectivity index (χ1) is 21.3. The standard InChI is InChI=1S/C35H41BBrNO6/c1-2-22(17-23-18-25(37)14-15-30(23)39)13-16-31-32-24(21-43-27-11-7-4-8-12-27)19-28-33(29(32)20-36(42)44-31)35(41)38(34(28)40)26-9-5-3-6-10-26/h4,7-8,11-12,14-15,17-18,26,28-29,31,33,39,42H,2-3,5-6,9-10,13,16,19-21H2,1H3/b22-17+/t28-,29+,31-,33-/m1/s1. The van der Waals surface area contributed by atoms with Gasteiger partial charge in [0.2, 0.25) is 11.8 Å². The molecule has 44 heavy (non-hydrogen) atoms. The number of carbonyl (C=O) groups is 2. The molecule has 2 aliphatic heterocycles. The first kappa shape index (κ1) is 31.1. The van der Waals surface area contributed by atoms with Crippen molar-refractivity contribution in [3.8, 4) is 11.5 Å². The van der Waals surface area contributed by atoms with Gasteiger partial charge in [0.1, 0.15) is 18.1 Å². The van der Waals surface area contributed by atoms with Crippen LogP contribution in [-0.2, 0) is 14.2 Å². The van der Waals surface area contributed by atoms with Crippen molar-refractivity contribution >= 4 is 40.9 Å². The van der Waals surface area contributed by atoms with E-state index in [0.29, 0.717) is 32.2 Å². The largest absolute Gasteiger partial charge is 0.507 e. The second-order valence-electron chi connectivity index (χ2n) is 12.7. The van der Waals surface area contributed by atoms with E-state index in [0.717, 1.165) is 71.0 Å². The first-order valence-electron chi connectivity index (χ1n) is 16.1. The van der Waals surface area contributed by atoms with Gasteiger partial charge in [0.25, 0.3) is 0 Å². The van der Waals surface area contributed by atoms with Crippen molar-refractivity contribution in [1.29, 1.82) is 0 Å². The number of nitrogens with zero attached hydrogens (tertiary/aromatic N) is 1. The van der Waals surface area contributed by atoms with E-state index in [1.54, 1.807) is 11.0 Å². The van der Waals surface area contributed by atoms with Crippen LogP contribution < -0.4 is 4.74 Å². The lowest BCUT2D eigenvalue weighted by Gasteiger charge is -2.43. The summed E-state index contributed by atoms with van der Waals surface area (Å²) in [4.78, 5) is 29.6. The smallest absolute Gasteiger partial charge is 0.455 e. The Morgan fingerprint density at radius 3 is 2.61 bits per heavy atom. The minimum absolute atomic E-state index is 0.0194. The van der Waals surface area contributed by atoms with Crippen LogP contribution in [0.5, 0.6) is 11.5 Å². The highest BCUT2D eigenvalue weighted by atomic mass is 79.9. The third kappa shape index (κ3) is 6.42. The zero-order valence-electron chi connectivity index (χ0n) is 25.3. The van der Waals surface area contributed by atoms with Crippen molar-refractivity contribution in [3.63, 3.8) is 0 Å². The fourth-order valence-electron chi connectivity index (χ4n) is 7.84. The Hall–Kier alpha value is -2.88. The van der Waals surface area contributed by atoms with Gasteiger partial charge in [-0.25, -0.2) is 0 Å². The van der Waals surface area contributed by atoms with Crippen LogP contribution in [0.1, 0.15) is 70.3 Å². The number of hydrogen-bond donors (Lipinski definition) is 2. The molecular weight excluding hydrogens is 621 g/mol. The molecule has 3 fully saturated rings. The lowest BCUT2D eigenvalue weighted by Crippen LogP contribution is -2.47. The molecule has 2 saturated heterocycles. The number of carbonyl (C=O) groups excluding carboxylic acids is 2. The molecule has 0 bridgehead atoms. The number of aromatic hydroxyl groups is 1. The van der Waals surface area contributed by atoms with Gasteiger partial charge in [-0.05, 0) is 92.2 Å². The fraction of sp³-hybridized carbons (Fsp3) is 0.486. The van der Waals surface area contributed by atoms with Crippen molar-refractivity contribution in [2.45, 2.75) is 83.2 Å². The summed E-state index contributed by atoms with van der Waals surface area (Å²) in [5.41, 5.74) is 3.93. The van der Waals surface area contributed by atoms with Crippen LogP contribution in [0.25, 0.3) is 6.08 Å². The number of amides is 2. The van der Waals surface area contributed by atoms with E-state index < -0.39 is 25.1 Å². The van der Waals surface area contributed by atoms with Gasteiger partial charge in [-0.2, -0.15) is 0 Å². The molecule has 6 rings (SSSR count). The Morgan fingerprint density at radius 2 is 1.86 bits per heavy atom. The lowest BCUT2D eigenvalue weighted by molar-refractivity contribution is -0.143. The lowest BCUT2D eigenvalue weighted by atomic mass is 9.58. The van der Waals surface area contributed by atoms with E-state index >= 15 is 0 Å². The minimum Gasteiger partial charge on any atom is -0.507 e. The van der Waals surface area contributed by atoms with Gasteiger partial charge >= 0.3 is 7.12 Å². The number of fused-ring (bicyclic) bond motifs is 3. The first-order valence-corrected chi connectivity index (χ1v) is 16.9. The molecule has 0 aromatic heterocycles. The number of allylic oxidation sites excluding steroid dienone is 1. The summed E-state index contributed by atoms with van der Waals surface area (Å²) in [6, 6.07) is 15.0. The molecular formula is C35H41BBrNO6. The number of rotatable bonds is 9. The number of para-hydroxylation sites is 1. The number of halogens is 1. The van der Waals surface area contributed by atoms with E-state index in [1.807, 2.05) is 48.5 Å². The SMILES string of the molecule is CC/C(=C\c1cc(Br)ccc1O)CC[C@H]1OB(O)C[C@H]2C1=C(COc1ccccc1)C[C@H]1C(=O)N(C3CCCCC3)C(=O)[C@H]12. The monoisotopic (exact) mass is 661 g/mol. The summed E-state index contributed by atoms with van der Waals surface area (Å²) in [6.07, 6.45) is 9.45. The maximum Gasteiger partial charge on any atom is 0.455 e. The Balaban J connectivity index is 1.31. The second-order valence-corrected chi connectivity index (χ2v) is 13.6. The highest BCUT2D eigenvalue weighted by molar-refractivity contribution is 9.10. The summed E-state index contributed by atoms with van der Waals surface area (Å²) in [7, 11) is -1.02. The number of benzene rings is 2. The minimum atomic E-state index is -1.02. The Kier molecular flexibility index (Phi) is 9.64. The molecule has 0 unspecified atom stereocenters. The van der Waals surface area contributed by atoms with Gasteiger partial charge in [0.15, 0.2) is 0 Å². The summed E-state index contributed by atoms with van der Waals surface area (Å²) in [5.74, 6) is -0.322. The number of phenolic OH excluding ortho intramolecular Hbond substituents is 1. The van der Waals surface area contributed by atoms with Crippen LogP contribution in [0.4, 0.5) is 0 Å². The van der Waals surface area contributed by atoms with E-state index in [4.69, 9.17) is 9.39 Å². The third-order valence-electron chi connectivity index (χ3n) is 9.97. The topological polar surface area (TPSA) is 96.3 Å². The number of ether oxygens (including phenoxy) is 1. The predicted molar refractivity (Wildman–Crippen MR) is 174 cm³/mol. The van der Waals surface area contributed by atoms with Crippen LogP contribution >= 0.6 is 15.9 Å². The quantitative estimate of drug-likeness (QED) is 0.172. The molecule has 4 atom stereocenters. The molecule has 2 heterocycles. The molecule has 1 saturated carbocycles. The molecule has 232 valence electrons. The number of hydrogen-bond acceptors (Lipinski definition) is 6. The summed E-state index contributed by atoms with van der Waals surface area (Å²) < 4.78 is 13.4. The Labute approximate surface area is 268 Å². The van der Waals surface area contributed by atoms with Gasteiger partial charge in [-0.3, -0.25) is 14.5 Å². The van der Waals surface area contributed by atoms with Gasteiger partial charge in [-0.1, -0.05) is 72.0 Å². The molecule has 2 aromatic carbocycles. The summed E-state index contributed by atoms with van der Waals surface area (Å²) in [6.45, 7) is 2.40. The number of imide groups is 1. The van der Waals surface area contributed by atoms with Crippen molar-refractivity contribution in [1.82, 2.24) is 4.90 Å². The van der Waals surface area contributed by atoms with Crippen molar-refractivity contribution in [2.75, 3.05) is 6.61 Å². The molecule has 2 aromatic rings. The molecule has 4 aliphatic rings. The molecule has 2 N–H and O–H groups in total. The van der Waals surface area contributed by atoms with Crippen LogP contribution in [-0.4, -0.2) is 52.7 Å². The number of likely N-dealkylation sites (tertiary alicyclic amines) is 1. The predicted octanol–water partition coefficient (Wildman–Crippen LogP) is 6.94. The highest BCUT2D eigenvalue weighted by Gasteiger charge is 2.58. The van der Waals surface area contributed by atoms with Gasteiger partial charge < -0.3 is 19.5 Å². The average Bonchev–Trinajstić information content (AvgIpc) is 3.29. The molecule has 7 nitrogen and oxygen atoms in total. The van der Waals surface area contributed by atoms with Crippen LogP contribution in [0, 0.1) is 17.8 Å². The van der Waals surface area contributed by atoms with Crippen molar-refractivity contribution in [3.05, 3.63) is 75.3 Å². The Bertz CT molecular complexity index is 1440.